The van der Waals surface area contributed by atoms with Crippen LogP contribution in [0.3, 0.4) is 0 Å². The second-order valence-corrected chi connectivity index (χ2v) is 5.29. The van der Waals surface area contributed by atoms with E-state index in [1.54, 1.807) is 0 Å². The highest BCUT2D eigenvalue weighted by Crippen LogP contribution is 2.22. The minimum absolute atomic E-state index is 0.0510. The summed E-state index contributed by atoms with van der Waals surface area (Å²) in [6.07, 6.45) is -0.122. The van der Waals surface area contributed by atoms with Crippen LogP contribution in [0.2, 0.25) is 0 Å². The smallest absolute Gasteiger partial charge is 0.150 e. The van der Waals surface area contributed by atoms with E-state index in [2.05, 4.69) is 10.1 Å². The Bertz CT molecular complexity index is 376. The van der Waals surface area contributed by atoms with E-state index in [0.29, 0.717) is 6.54 Å². The van der Waals surface area contributed by atoms with Crippen molar-refractivity contribution in [1.82, 2.24) is 10.1 Å². The van der Waals surface area contributed by atoms with Crippen LogP contribution in [0.15, 0.2) is 10.6 Å². The highest BCUT2D eigenvalue weighted by atomic mass is 16.5. The van der Waals surface area contributed by atoms with Gasteiger partial charge in [-0.2, -0.15) is 0 Å². The standard InChI is InChI=1S/C12H20N2O3/c1-9-4-10(17-13-9)5-14-6-11(7-15)16-12(2,3)8-14/h4,11,15H,5-8H2,1-3H3. The van der Waals surface area contributed by atoms with Gasteiger partial charge in [0.15, 0.2) is 5.76 Å². The molecule has 2 rings (SSSR count). The molecule has 0 aromatic carbocycles. The van der Waals surface area contributed by atoms with Crippen molar-refractivity contribution in [3.63, 3.8) is 0 Å². The molecule has 0 radical (unpaired) electrons. The summed E-state index contributed by atoms with van der Waals surface area (Å²) in [7, 11) is 0. The van der Waals surface area contributed by atoms with Crippen LogP contribution in [0.1, 0.15) is 25.3 Å². The number of aryl methyl sites for hydroxylation is 1. The second-order valence-electron chi connectivity index (χ2n) is 5.29. The third-order valence-electron chi connectivity index (χ3n) is 2.81. The van der Waals surface area contributed by atoms with E-state index in [1.165, 1.54) is 0 Å². The number of aliphatic hydroxyl groups is 1. The molecule has 2 heterocycles. The maximum absolute atomic E-state index is 9.22. The summed E-state index contributed by atoms with van der Waals surface area (Å²) in [5.41, 5.74) is 0.659. The van der Waals surface area contributed by atoms with Gasteiger partial charge in [0.25, 0.3) is 0 Å². The lowest BCUT2D eigenvalue weighted by atomic mass is 10.1. The van der Waals surface area contributed by atoms with Gasteiger partial charge in [0.2, 0.25) is 0 Å². The van der Waals surface area contributed by atoms with Crippen LogP contribution < -0.4 is 0 Å². The Morgan fingerprint density at radius 3 is 2.94 bits per heavy atom. The van der Waals surface area contributed by atoms with Crippen LogP contribution in [0, 0.1) is 6.92 Å². The topological polar surface area (TPSA) is 58.7 Å². The molecule has 0 spiro atoms. The minimum Gasteiger partial charge on any atom is -0.394 e. The van der Waals surface area contributed by atoms with Gasteiger partial charge in [-0.05, 0) is 20.8 Å². The number of morpholine rings is 1. The first-order chi connectivity index (χ1) is 7.98. The highest BCUT2D eigenvalue weighted by Gasteiger charge is 2.33. The van der Waals surface area contributed by atoms with Crippen LogP contribution in [0.4, 0.5) is 0 Å². The maximum atomic E-state index is 9.22. The highest BCUT2D eigenvalue weighted by molar-refractivity contribution is 5.03. The van der Waals surface area contributed by atoms with Crippen molar-refractivity contribution in [2.24, 2.45) is 0 Å². The summed E-state index contributed by atoms with van der Waals surface area (Å²) in [6, 6.07) is 1.94. The molecule has 1 aromatic heterocycles. The molecule has 1 aliphatic rings. The molecular formula is C12H20N2O3. The first kappa shape index (κ1) is 12.5. The number of ether oxygens (including phenoxy) is 1. The Morgan fingerprint density at radius 2 is 2.35 bits per heavy atom. The summed E-state index contributed by atoms with van der Waals surface area (Å²) in [6.45, 7) is 8.29. The first-order valence-electron chi connectivity index (χ1n) is 5.92. The van der Waals surface area contributed by atoms with E-state index in [4.69, 9.17) is 9.26 Å². The van der Waals surface area contributed by atoms with E-state index in [0.717, 1.165) is 24.5 Å². The summed E-state index contributed by atoms with van der Waals surface area (Å²) >= 11 is 0. The third-order valence-corrected chi connectivity index (χ3v) is 2.81. The van der Waals surface area contributed by atoms with Crippen molar-refractivity contribution in [3.8, 4) is 0 Å². The summed E-state index contributed by atoms with van der Waals surface area (Å²) in [5, 5.41) is 13.1. The predicted octanol–water partition coefficient (Wildman–Crippen LogP) is 0.955. The zero-order valence-corrected chi connectivity index (χ0v) is 10.6. The van der Waals surface area contributed by atoms with E-state index < -0.39 is 0 Å². The molecule has 0 saturated carbocycles. The summed E-state index contributed by atoms with van der Waals surface area (Å²) in [5.74, 6) is 0.858. The van der Waals surface area contributed by atoms with Crippen molar-refractivity contribution >= 4 is 0 Å². The molecule has 0 amide bonds. The average molecular weight is 240 g/mol. The van der Waals surface area contributed by atoms with E-state index in [-0.39, 0.29) is 18.3 Å². The molecule has 5 heteroatoms. The van der Waals surface area contributed by atoms with Gasteiger partial charge in [-0.3, -0.25) is 4.90 Å². The van der Waals surface area contributed by atoms with Crippen molar-refractivity contribution < 1.29 is 14.4 Å². The summed E-state index contributed by atoms with van der Waals surface area (Å²) in [4.78, 5) is 2.23. The number of aliphatic hydroxyl groups excluding tert-OH is 1. The van der Waals surface area contributed by atoms with E-state index >= 15 is 0 Å². The molecule has 1 unspecified atom stereocenters. The molecule has 1 aromatic rings. The lowest BCUT2D eigenvalue weighted by molar-refractivity contribution is -0.151. The van der Waals surface area contributed by atoms with Crippen molar-refractivity contribution in [3.05, 3.63) is 17.5 Å². The molecule has 1 saturated heterocycles. The first-order valence-corrected chi connectivity index (χ1v) is 5.92. The molecule has 1 atom stereocenters. The van der Waals surface area contributed by atoms with Gasteiger partial charge >= 0.3 is 0 Å². The Hall–Kier alpha value is -0.910. The van der Waals surface area contributed by atoms with Crippen LogP contribution in [0.5, 0.6) is 0 Å². The van der Waals surface area contributed by atoms with Gasteiger partial charge in [-0.15, -0.1) is 0 Å². The number of hydrogen-bond acceptors (Lipinski definition) is 5. The number of nitrogens with zero attached hydrogens (tertiary/aromatic N) is 2. The lowest BCUT2D eigenvalue weighted by Gasteiger charge is -2.41. The zero-order valence-electron chi connectivity index (χ0n) is 10.6. The lowest BCUT2D eigenvalue weighted by Crippen LogP contribution is -2.53. The molecule has 0 aliphatic carbocycles. The third kappa shape index (κ3) is 3.28. The Labute approximate surface area is 101 Å². The van der Waals surface area contributed by atoms with Crippen molar-refractivity contribution in [1.29, 1.82) is 0 Å². The molecule has 1 fully saturated rings. The van der Waals surface area contributed by atoms with Crippen molar-refractivity contribution in [2.45, 2.75) is 39.0 Å². The number of rotatable bonds is 3. The fraction of sp³-hybridized carbons (Fsp3) is 0.750. The molecule has 0 bridgehead atoms. The fourth-order valence-corrected chi connectivity index (χ4v) is 2.34. The van der Waals surface area contributed by atoms with Gasteiger partial charge in [0.1, 0.15) is 0 Å². The Balaban J connectivity index is 2.00. The number of aromatic nitrogens is 1. The largest absolute Gasteiger partial charge is 0.394 e. The molecular weight excluding hydrogens is 220 g/mol. The Kier molecular flexibility index (Phi) is 3.51. The van der Waals surface area contributed by atoms with Gasteiger partial charge in [0, 0.05) is 19.2 Å². The van der Waals surface area contributed by atoms with E-state index in [1.807, 2.05) is 26.8 Å². The van der Waals surface area contributed by atoms with Gasteiger partial charge in [-0.1, -0.05) is 5.16 Å². The van der Waals surface area contributed by atoms with Gasteiger partial charge < -0.3 is 14.4 Å². The second kappa shape index (κ2) is 4.76. The van der Waals surface area contributed by atoms with Crippen LogP contribution in [0.25, 0.3) is 0 Å². The molecule has 96 valence electrons. The fourth-order valence-electron chi connectivity index (χ4n) is 2.34. The zero-order chi connectivity index (χ0) is 12.5. The molecule has 1 aliphatic heterocycles. The monoisotopic (exact) mass is 240 g/mol. The number of hydrogen-bond donors (Lipinski definition) is 1. The molecule has 1 N–H and O–H groups in total. The van der Waals surface area contributed by atoms with Crippen molar-refractivity contribution in [2.75, 3.05) is 19.7 Å². The van der Waals surface area contributed by atoms with Crippen LogP contribution in [-0.2, 0) is 11.3 Å². The predicted molar refractivity (Wildman–Crippen MR) is 62.6 cm³/mol. The maximum Gasteiger partial charge on any atom is 0.150 e. The van der Waals surface area contributed by atoms with Crippen LogP contribution >= 0.6 is 0 Å². The van der Waals surface area contributed by atoms with E-state index in [9.17, 15) is 5.11 Å². The van der Waals surface area contributed by atoms with Gasteiger partial charge in [-0.25, -0.2) is 0 Å². The average Bonchev–Trinajstić information content (AvgIpc) is 2.61. The molecule has 5 nitrogen and oxygen atoms in total. The summed E-state index contributed by atoms with van der Waals surface area (Å²) < 4.78 is 11.0. The quantitative estimate of drug-likeness (QED) is 0.852. The normalized spacial score (nSPS) is 25.1. The van der Waals surface area contributed by atoms with Gasteiger partial charge in [0.05, 0.1) is 30.6 Å². The minimum atomic E-state index is -0.235. The van der Waals surface area contributed by atoms with Crippen LogP contribution in [-0.4, -0.2) is 46.6 Å². The SMILES string of the molecule is Cc1cc(CN2CC(CO)OC(C)(C)C2)on1. The Morgan fingerprint density at radius 1 is 1.59 bits per heavy atom. The molecule has 17 heavy (non-hydrogen) atoms.